The van der Waals surface area contributed by atoms with Gasteiger partial charge in [-0.25, -0.2) is 0 Å². The summed E-state index contributed by atoms with van der Waals surface area (Å²) in [5, 5.41) is 15.7. The minimum absolute atomic E-state index is 0.136. The van der Waals surface area contributed by atoms with Gasteiger partial charge in [-0.2, -0.15) is 0 Å². The predicted molar refractivity (Wildman–Crippen MR) is 118 cm³/mol. The van der Waals surface area contributed by atoms with E-state index in [9.17, 15) is 14.7 Å². The Hall–Kier alpha value is -3.20. The molecule has 29 heavy (non-hydrogen) atoms. The largest absolute Gasteiger partial charge is 0.507 e. The molecule has 2 amide bonds. The fraction of sp³-hybridized carbons (Fsp3) is 0.0455. The third-order valence-electron chi connectivity index (χ3n) is 4.54. The van der Waals surface area contributed by atoms with Gasteiger partial charge >= 0.3 is 0 Å². The number of carbonyl (C=O) groups is 2. The molecular formula is C22H16IN3O3. The van der Waals surface area contributed by atoms with E-state index in [-0.39, 0.29) is 5.75 Å². The fourth-order valence-corrected chi connectivity index (χ4v) is 3.61. The van der Waals surface area contributed by atoms with Gasteiger partial charge in [0.1, 0.15) is 5.75 Å². The summed E-state index contributed by atoms with van der Waals surface area (Å²) in [5.41, 5.74) is 3.59. The molecule has 1 aliphatic heterocycles. The van der Waals surface area contributed by atoms with E-state index in [0.29, 0.717) is 34.5 Å². The highest BCUT2D eigenvalue weighted by molar-refractivity contribution is 14.1. The third kappa shape index (κ3) is 4.00. The minimum atomic E-state index is -0.452. The maximum Gasteiger partial charge on any atom is 0.260 e. The number of nitrogens with zero attached hydrogens (tertiary/aromatic N) is 1. The van der Waals surface area contributed by atoms with Crippen LogP contribution in [0.4, 0.5) is 0 Å². The number of imide groups is 1. The Morgan fingerprint density at radius 3 is 2.55 bits per heavy atom. The Labute approximate surface area is 180 Å². The van der Waals surface area contributed by atoms with Gasteiger partial charge in [0.2, 0.25) is 0 Å². The Morgan fingerprint density at radius 1 is 1.00 bits per heavy atom. The lowest BCUT2D eigenvalue weighted by atomic mass is 9.96. The molecule has 4 rings (SSSR count). The van der Waals surface area contributed by atoms with Gasteiger partial charge in [0.05, 0.1) is 17.8 Å². The maximum atomic E-state index is 12.3. The minimum Gasteiger partial charge on any atom is -0.507 e. The Morgan fingerprint density at radius 2 is 1.79 bits per heavy atom. The zero-order valence-electron chi connectivity index (χ0n) is 15.1. The van der Waals surface area contributed by atoms with E-state index < -0.39 is 11.8 Å². The van der Waals surface area contributed by atoms with Crippen LogP contribution in [0.3, 0.4) is 0 Å². The molecule has 0 radical (unpaired) electrons. The summed E-state index contributed by atoms with van der Waals surface area (Å²) in [6, 6.07) is 16.4. The van der Waals surface area contributed by atoms with Crippen molar-refractivity contribution in [3.8, 4) is 16.9 Å². The van der Waals surface area contributed by atoms with Crippen molar-refractivity contribution in [2.24, 2.45) is 0 Å². The molecule has 7 heteroatoms. The van der Waals surface area contributed by atoms with Crippen molar-refractivity contribution < 1.29 is 14.7 Å². The molecule has 1 aliphatic rings. The average Bonchev–Trinajstić information content (AvgIpc) is 2.71. The van der Waals surface area contributed by atoms with Crippen molar-refractivity contribution in [2.45, 2.75) is 6.54 Å². The van der Waals surface area contributed by atoms with Gasteiger partial charge in [0.15, 0.2) is 0 Å². The second-order valence-corrected chi connectivity index (χ2v) is 7.72. The summed E-state index contributed by atoms with van der Waals surface area (Å²) in [6.45, 7) is 0.312. The first-order valence-corrected chi connectivity index (χ1v) is 9.93. The van der Waals surface area contributed by atoms with E-state index in [2.05, 4.69) is 38.2 Å². The summed E-state index contributed by atoms with van der Waals surface area (Å²) >= 11 is 2.14. The quantitative estimate of drug-likeness (QED) is 0.292. The van der Waals surface area contributed by atoms with E-state index >= 15 is 0 Å². The number of hydrogen-bond donors (Lipinski definition) is 3. The summed E-state index contributed by atoms with van der Waals surface area (Å²) in [7, 11) is 0. The highest BCUT2D eigenvalue weighted by atomic mass is 127. The maximum absolute atomic E-state index is 12.3. The van der Waals surface area contributed by atoms with Gasteiger partial charge in [-0.3, -0.25) is 19.9 Å². The van der Waals surface area contributed by atoms with Crippen molar-refractivity contribution in [3.05, 3.63) is 87.4 Å². The van der Waals surface area contributed by atoms with Gasteiger partial charge in [0.25, 0.3) is 11.8 Å². The monoisotopic (exact) mass is 497 g/mol. The first-order valence-electron chi connectivity index (χ1n) is 8.85. The summed E-state index contributed by atoms with van der Waals surface area (Å²) in [5.74, 6) is -0.717. The molecule has 2 heterocycles. The fourth-order valence-electron chi connectivity index (χ4n) is 3.12. The zero-order chi connectivity index (χ0) is 20.4. The topological polar surface area (TPSA) is 91.3 Å². The lowest BCUT2D eigenvalue weighted by Gasteiger charge is -2.18. The van der Waals surface area contributed by atoms with Crippen LogP contribution in [-0.2, 0) is 11.3 Å². The Bertz CT molecular complexity index is 1140. The van der Waals surface area contributed by atoms with Crippen molar-refractivity contribution in [2.75, 3.05) is 0 Å². The molecule has 3 N–H and O–H groups in total. The standard InChI is InChI=1S/C22H16IN3O3/c23-14-6-7-16-17(8-14)19(22(29)26-21(16)28)11-24-10-15-9-20(27)18(12-25-15)13-4-2-1-3-5-13/h1-9,11-12,24H,10H2,(H,25,27)(H,26,28,29). The molecule has 1 aromatic heterocycles. The summed E-state index contributed by atoms with van der Waals surface area (Å²) in [6.07, 6.45) is 3.19. The van der Waals surface area contributed by atoms with Crippen LogP contribution >= 0.6 is 22.6 Å². The number of amides is 2. The van der Waals surface area contributed by atoms with Crippen molar-refractivity contribution in [1.82, 2.24) is 15.6 Å². The zero-order valence-corrected chi connectivity index (χ0v) is 17.3. The van der Waals surface area contributed by atoms with Crippen LogP contribution in [0.1, 0.15) is 21.6 Å². The summed E-state index contributed by atoms with van der Waals surface area (Å²) < 4.78 is 0.929. The highest BCUT2D eigenvalue weighted by Gasteiger charge is 2.27. The number of pyridine rings is 1. The lowest BCUT2D eigenvalue weighted by molar-refractivity contribution is -0.114. The van der Waals surface area contributed by atoms with Crippen LogP contribution in [0, 0.1) is 3.57 Å². The molecular weight excluding hydrogens is 481 g/mol. The number of halogens is 1. The van der Waals surface area contributed by atoms with Crippen LogP contribution in [0.2, 0.25) is 0 Å². The predicted octanol–water partition coefficient (Wildman–Crippen LogP) is 3.46. The molecule has 0 bridgehead atoms. The van der Waals surface area contributed by atoms with E-state index in [4.69, 9.17) is 0 Å². The molecule has 0 unspecified atom stereocenters. The first kappa shape index (κ1) is 19.1. The van der Waals surface area contributed by atoms with E-state index in [1.54, 1.807) is 30.6 Å². The molecule has 6 nitrogen and oxygen atoms in total. The molecule has 3 aromatic rings. The number of aromatic nitrogens is 1. The van der Waals surface area contributed by atoms with E-state index in [1.165, 1.54) is 0 Å². The number of aromatic hydroxyl groups is 1. The molecule has 144 valence electrons. The van der Waals surface area contributed by atoms with Gasteiger partial charge in [-0.15, -0.1) is 0 Å². The van der Waals surface area contributed by atoms with Gasteiger partial charge in [-0.1, -0.05) is 30.3 Å². The molecule has 0 saturated carbocycles. The van der Waals surface area contributed by atoms with Crippen molar-refractivity contribution in [3.63, 3.8) is 0 Å². The van der Waals surface area contributed by atoms with Crippen molar-refractivity contribution >= 4 is 40.0 Å². The molecule has 0 saturated heterocycles. The SMILES string of the molecule is O=C1NC(=O)c2ccc(I)cc2C1=CNCc1cc(O)c(-c2ccccc2)cn1. The molecule has 0 fully saturated rings. The van der Waals surface area contributed by atoms with Gasteiger partial charge in [-0.05, 0) is 46.4 Å². The van der Waals surface area contributed by atoms with E-state index in [0.717, 1.165) is 9.13 Å². The number of carbonyl (C=O) groups excluding carboxylic acids is 2. The molecule has 2 aromatic carbocycles. The average molecular weight is 497 g/mol. The van der Waals surface area contributed by atoms with Crippen LogP contribution in [-0.4, -0.2) is 21.9 Å². The summed E-state index contributed by atoms with van der Waals surface area (Å²) in [4.78, 5) is 28.7. The Balaban J connectivity index is 1.54. The van der Waals surface area contributed by atoms with E-state index in [1.807, 2.05) is 36.4 Å². The number of nitrogens with one attached hydrogen (secondary N) is 2. The van der Waals surface area contributed by atoms with Crippen LogP contribution in [0.5, 0.6) is 5.75 Å². The van der Waals surface area contributed by atoms with Crippen LogP contribution in [0.25, 0.3) is 16.7 Å². The van der Waals surface area contributed by atoms with Crippen LogP contribution < -0.4 is 10.6 Å². The highest BCUT2D eigenvalue weighted by Crippen LogP contribution is 2.29. The van der Waals surface area contributed by atoms with Crippen molar-refractivity contribution in [1.29, 1.82) is 0 Å². The third-order valence-corrected chi connectivity index (χ3v) is 5.21. The van der Waals surface area contributed by atoms with Gasteiger partial charge in [0, 0.05) is 38.7 Å². The second-order valence-electron chi connectivity index (χ2n) is 6.47. The molecule has 0 atom stereocenters. The Kier molecular flexibility index (Phi) is 5.30. The smallest absolute Gasteiger partial charge is 0.260 e. The molecule has 0 spiro atoms. The number of fused-ring (bicyclic) bond motifs is 1. The number of rotatable bonds is 4. The lowest BCUT2D eigenvalue weighted by Crippen LogP contribution is -2.37. The second kappa shape index (κ2) is 8.04. The first-order chi connectivity index (χ1) is 14.0. The normalized spacial score (nSPS) is 14.4. The molecule has 0 aliphatic carbocycles. The van der Waals surface area contributed by atoms with Crippen LogP contribution in [0.15, 0.2) is 67.0 Å². The number of hydrogen-bond acceptors (Lipinski definition) is 5. The number of benzene rings is 2. The van der Waals surface area contributed by atoms with Gasteiger partial charge < -0.3 is 10.4 Å².